The molecule has 0 unspecified atom stereocenters. The molecule has 2 aromatic rings. The molecule has 1 heterocycles. The van der Waals surface area contributed by atoms with Crippen LogP contribution in [0.2, 0.25) is 10.0 Å². The molecule has 0 aliphatic heterocycles. The number of hydrogen-bond donors (Lipinski definition) is 1. The van der Waals surface area contributed by atoms with Gasteiger partial charge in [0.25, 0.3) is 0 Å². The largest absolute Gasteiger partial charge is 0.324 e. The summed E-state index contributed by atoms with van der Waals surface area (Å²) in [5.74, 6) is 1.40. The molecule has 2 N–H and O–H groups in total. The van der Waals surface area contributed by atoms with Crippen molar-refractivity contribution in [2.24, 2.45) is 5.73 Å². The SMILES string of the molecule is CC(C)(C)n1c(CN)nnc1-c1cc(Cl)ccc1Cl. The van der Waals surface area contributed by atoms with Crippen molar-refractivity contribution >= 4 is 23.2 Å². The van der Waals surface area contributed by atoms with Gasteiger partial charge in [0.15, 0.2) is 5.82 Å². The summed E-state index contributed by atoms with van der Waals surface area (Å²) in [4.78, 5) is 0. The van der Waals surface area contributed by atoms with Crippen LogP contribution in [0.15, 0.2) is 18.2 Å². The number of halogens is 2. The summed E-state index contributed by atoms with van der Waals surface area (Å²) in [5.41, 5.74) is 6.29. The number of hydrogen-bond acceptors (Lipinski definition) is 3. The molecule has 0 saturated carbocycles. The Morgan fingerprint density at radius 1 is 1.21 bits per heavy atom. The standard InChI is InChI=1S/C13H16Cl2N4/c1-13(2,3)19-11(7-16)17-18-12(19)9-6-8(14)4-5-10(9)15/h4-6H,7,16H2,1-3H3. The number of aromatic nitrogens is 3. The van der Waals surface area contributed by atoms with Gasteiger partial charge in [0, 0.05) is 16.1 Å². The minimum Gasteiger partial charge on any atom is -0.324 e. The molecule has 0 aliphatic carbocycles. The van der Waals surface area contributed by atoms with Crippen LogP contribution in [0.1, 0.15) is 26.6 Å². The lowest BCUT2D eigenvalue weighted by atomic mass is 10.1. The molecule has 0 saturated heterocycles. The van der Waals surface area contributed by atoms with Crippen LogP contribution in [-0.2, 0) is 12.1 Å². The van der Waals surface area contributed by atoms with Crippen molar-refractivity contribution in [2.45, 2.75) is 32.9 Å². The van der Waals surface area contributed by atoms with Gasteiger partial charge in [-0.3, -0.25) is 0 Å². The van der Waals surface area contributed by atoms with Crippen molar-refractivity contribution < 1.29 is 0 Å². The molecule has 0 amide bonds. The first-order valence-electron chi connectivity index (χ1n) is 5.95. The Morgan fingerprint density at radius 3 is 2.47 bits per heavy atom. The average molecular weight is 299 g/mol. The highest BCUT2D eigenvalue weighted by atomic mass is 35.5. The lowest BCUT2D eigenvalue weighted by molar-refractivity contribution is 0.386. The van der Waals surface area contributed by atoms with Crippen LogP contribution in [0.25, 0.3) is 11.4 Å². The van der Waals surface area contributed by atoms with Crippen LogP contribution >= 0.6 is 23.2 Å². The summed E-state index contributed by atoms with van der Waals surface area (Å²) in [6.07, 6.45) is 0. The third-order valence-corrected chi connectivity index (χ3v) is 3.32. The highest BCUT2D eigenvalue weighted by Crippen LogP contribution is 2.32. The smallest absolute Gasteiger partial charge is 0.166 e. The summed E-state index contributed by atoms with van der Waals surface area (Å²) in [7, 11) is 0. The van der Waals surface area contributed by atoms with Crippen LogP contribution in [0.4, 0.5) is 0 Å². The van der Waals surface area contributed by atoms with E-state index < -0.39 is 0 Å². The fourth-order valence-electron chi connectivity index (χ4n) is 2.00. The molecule has 0 bridgehead atoms. The molecule has 102 valence electrons. The Balaban J connectivity index is 2.69. The zero-order valence-electron chi connectivity index (χ0n) is 11.1. The van der Waals surface area contributed by atoms with Gasteiger partial charge in [-0.25, -0.2) is 0 Å². The van der Waals surface area contributed by atoms with Crippen LogP contribution in [-0.4, -0.2) is 14.8 Å². The maximum atomic E-state index is 6.23. The molecule has 1 aromatic carbocycles. The van der Waals surface area contributed by atoms with Crippen molar-refractivity contribution in [3.05, 3.63) is 34.1 Å². The fraction of sp³-hybridized carbons (Fsp3) is 0.385. The number of benzene rings is 1. The number of nitrogens with two attached hydrogens (primary N) is 1. The van der Waals surface area contributed by atoms with E-state index in [2.05, 4.69) is 31.0 Å². The third-order valence-electron chi connectivity index (χ3n) is 2.75. The monoisotopic (exact) mass is 298 g/mol. The van der Waals surface area contributed by atoms with Gasteiger partial charge in [0.1, 0.15) is 5.82 Å². The second-order valence-corrected chi connectivity index (χ2v) is 6.12. The molecule has 0 spiro atoms. The Hall–Kier alpha value is -1.10. The first-order valence-corrected chi connectivity index (χ1v) is 6.70. The molecule has 0 fully saturated rings. The lowest BCUT2D eigenvalue weighted by Crippen LogP contribution is -2.26. The second kappa shape index (κ2) is 5.12. The van der Waals surface area contributed by atoms with E-state index in [0.29, 0.717) is 22.4 Å². The lowest BCUT2D eigenvalue weighted by Gasteiger charge is -2.25. The highest BCUT2D eigenvalue weighted by Gasteiger charge is 2.24. The van der Waals surface area contributed by atoms with Crippen molar-refractivity contribution in [1.29, 1.82) is 0 Å². The van der Waals surface area contributed by atoms with Crippen LogP contribution in [0.5, 0.6) is 0 Å². The summed E-state index contributed by atoms with van der Waals surface area (Å²) >= 11 is 12.3. The number of rotatable bonds is 2. The maximum absolute atomic E-state index is 6.23. The van der Waals surface area contributed by atoms with Crippen molar-refractivity contribution in [1.82, 2.24) is 14.8 Å². The predicted molar refractivity (Wildman–Crippen MR) is 78.4 cm³/mol. The van der Waals surface area contributed by atoms with E-state index >= 15 is 0 Å². The summed E-state index contributed by atoms with van der Waals surface area (Å²) in [5, 5.41) is 9.55. The molecular weight excluding hydrogens is 283 g/mol. The topological polar surface area (TPSA) is 56.7 Å². The first-order chi connectivity index (χ1) is 8.84. The quantitative estimate of drug-likeness (QED) is 0.923. The normalized spacial score (nSPS) is 11.9. The zero-order valence-corrected chi connectivity index (χ0v) is 12.6. The van der Waals surface area contributed by atoms with Gasteiger partial charge in [0.05, 0.1) is 11.6 Å². The van der Waals surface area contributed by atoms with Crippen LogP contribution in [0, 0.1) is 0 Å². The molecule has 19 heavy (non-hydrogen) atoms. The second-order valence-electron chi connectivity index (χ2n) is 5.27. The molecule has 0 atom stereocenters. The first kappa shape index (κ1) is 14.3. The van der Waals surface area contributed by atoms with E-state index in [4.69, 9.17) is 28.9 Å². The van der Waals surface area contributed by atoms with Crippen LogP contribution in [0.3, 0.4) is 0 Å². The Bertz CT molecular complexity index is 599. The highest BCUT2D eigenvalue weighted by molar-refractivity contribution is 6.35. The molecule has 6 heteroatoms. The van der Waals surface area contributed by atoms with Crippen molar-refractivity contribution in [3.63, 3.8) is 0 Å². The number of nitrogens with zero attached hydrogens (tertiary/aromatic N) is 3. The average Bonchev–Trinajstić information content (AvgIpc) is 2.75. The van der Waals surface area contributed by atoms with E-state index in [-0.39, 0.29) is 5.54 Å². The molecule has 0 radical (unpaired) electrons. The van der Waals surface area contributed by atoms with E-state index in [1.54, 1.807) is 18.2 Å². The van der Waals surface area contributed by atoms with Gasteiger partial charge in [-0.05, 0) is 39.0 Å². The molecule has 0 aliphatic rings. The van der Waals surface area contributed by atoms with Gasteiger partial charge in [-0.2, -0.15) is 0 Å². The molecule has 4 nitrogen and oxygen atoms in total. The maximum Gasteiger partial charge on any atom is 0.166 e. The van der Waals surface area contributed by atoms with Crippen molar-refractivity contribution in [3.8, 4) is 11.4 Å². The third kappa shape index (κ3) is 2.76. The summed E-state index contributed by atoms with van der Waals surface area (Å²) < 4.78 is 1.99. The molecule has 1 aromatic heterocycles. The van der Waals surface area contributed by atoms with Crippen LogP contribution < -0.4 is 5.73 Å². The van der Waals surface area contributed by atoms with Crippen molar-refractivity contribution in [2.75, 3.05) is 0 Å². The van der Waals surface area contributed by atoms with E-state index in [0.717, 1.165) is 11.4 Å². The zero-order chi connectivity index (χ0) is 14.2. The predicted octanol–water partition coefficient (Wildman–Crippen LogP) is 3.47. The van der Waals surface area contributed by atoms with E-state index in [9.17, 15) is 0 Å². The molecular formula is C13H16Cl2N4. The van der Waals surface area contributed by atoms with Gasteiger partial charge in [-0.1, -0.05) is 23.2 Å². The minimum atomic E-state index is -0.195. The minimum absolute atomic E-state index is 0.195. The Kier molecular flexibility index (Phi) is 3.85. The fourth-order valence-corrected chi connectivity index (χ4v) is 2.37. The van der Waals surface area contributed by atoms with Gasteiger partial charge in [-0.15, -0.1) is 10.2 Å². The van der Waals surface area contributed by atoms with Gasteiger partial charge in [0.2, 0.25) is 0 Å². The summed E-state index contributed by atoms with van der Waals surface area (Å²) in [6, 6.07) is 5.29. The summed E-state index contributed by atoms with van der Waals surface area (Å²) in [6.45, 7) is 6.52. The van der Waals surface area contributed by atoms with Gasteiger partial charge >= 0.3 is 0 Å². The molecule has 2 rings (SSSR count). The van der Waals surface area contributed by atoms with E-state index in [1.165, 1.54) is 0 Å². The Labute approximate surface area is 122 Å². The van der Waals surface area contributed by atoms with Gasteiger partial charge < -0.3 is 10.3 Å². The van der Waals surface area contributed by atoms with E-state index in [1.807, 2.05) is 4.57 Å². The Morgan fingerprint density at radius 2 is 1.89 bits per heavy atom.